The van der Waals surface area contributed by atoms with Crippen molar-refractivity contribution in [1.29, 1.82) is 0 Å². The van der Waals surface area contributed by atoms with Crippen LogP contribution in [0.25, 0.3) is 0 Å². The van der Waals surface area contributed by atoms with Gasteiger partial charge in [0.05, 0.1) is 0 Å². The van der Waals surface area contributed by atoms with Gasteiger partial charge in [-0.05, 0) is 0 Å². The van der Waals surface area contributed by atoms with Crippen molar-refractivity contribution >= 4 is 76.2 Å². The topological polar surface area (TPSA) is 0 Å². The molecule has 0 rings (SSSR count). The summed E-state index contributed by atoms with van der Waals surface area (Å²) >= 11 is 0. The minimum absolute atomic E-state index is 0. The Balaban J connectivity index is 0. The molecule has 0 unspecified atom stereocenters. The van der Waals surface area contributed by atoms with Crippen LogP contribution in [0.2, 0.25) is 0 Å². The van der Waals surface area contributed by atoms with Gasteiger partial charge in [-0.3, -0.25) is 0 Å². The third-order valence-corrected chi connectivity index (χ3v) is 0. The Bertz CT molecular complexity index is 8.00. The minimum atomic E-state index is 0. The zero-order valence-corrected chi connectivity index (χ0v) is 8.85. The van der Waals surface area contributed by atoms with Crippen LogP contribution in [0.15, 0.2) is 0 Å². The molecule has 4 heteroatoms. The first-order valence-corrected chi connectivity index (χ1v) is 0. The van der Waals surface area contributed by atoms with Gasteiger partial charge in [0, 0.05) is 22.4 Å². The third kappa shape index (κ3) is 9.00. The average molecular weight is 446 g/mol. The van der Waals surface area contributed by atoms with Crippen molar-refractivity contribution in [1.82, 2.24) is 0 Å². The van der Waals surface area contributed by atoms with Crippen molar-refractivity contribution in [3.8, 4) is 0 Å². The molecule has 0 amide bonds. The molecule has 21 valence electrons. The van der Waals surface area contributed by atoms with Crippen molar-refractivity contribution in [3.05, 3.63) is 0 Å². The molecule has 0 spiro atoms. The summed E-state index contributed by atoms with van der Waals surface area (Å²) in [6, 6.07) is 0. The molecule has 0 fully saturated rings. The van der Waals surface area contributed by atoms with E-state index >= 15 is 0 Å². The summed E-state index contributed by atoms with van der Waals surface area (Å²) in [5, 5.41) is 0. The predicted octanol–water partition coefficient (Wildman–Crippen LogP) is -3.02. The van der Waals surface area contributed by atoms with Crippen LogP contribution in [0.1, 0.15) is 0 Å². The van der Waals surface area contributed by atoms with Crippen molar-refractivity contribution < 1.29 is 22.4 Å². The quantitative estimate of drug-likeness (QED) is 0.348. The molecule has 0 atom stereocenters. The van der Waals surface area contributed by atoms with E-state index in [0.717, 1.165) is 0 Å². The maximum atomic E-state index is 0. The van der Waals surface area contributed by atoms with E-state index in [9.17, 15) is 0 Å². The van der Waals surface area contributed by atoms with Gasteiger partial charge in [0.25, 0.3) is 0 Å². The first-order chi connectivity index (χ1) is 0. The Hall–Kier alpha value is 3.30. The van der Waals surface area contributed by atoms with E-state index in [-0.39, 0.29) is 98.6 Å². The van der Waals surface area contributed by atoms with Crippen molar-refractivity contribution in [2.24, 2.45) is 0 Å². The van der Waals surface area contributed by atoms with Gasteiger partial charge in [0.15, 0.2) is 0 Å². The molecule has 4 heavy (non-hydrogen) atoms. The summed E-state index contributed by atoms with van der Waals surface area (Å²) in [5.41, 5.74) is 0. The Labute approximate surface area is 96.5 Å². The van der Waals surface area contributed by atoms with Crippen molar-refractivity contribution in [3.63, 3.8) is 0 Å². The molecule has 0 aromatic rings. The van der Waals surface area contributed by atoms with Crippen LogP contribution >= 0.6 is 0 Å². The number of rotatable bonds is 0. The molecule has 0 aliphatic carbocycles. The first kappa shape index (κ1) is 26.6. The Kier molecular flexibility index (Phi) is 108. The summed E-state index contributed by atoms with van der Waals surface area (Å²) < 4.78 is 0. The van der Waals surface area contributed by atoms with Crippen LogP contribution in [0.3, 0.4) is 0 Å². The molecule has 3 radical (unpaired) electrons. The van der Waals surface area contributed by atoms with Crippen LogP contribution in [0.4, 0.5) is 0 Å². The first-order valence-electron chi connectivity index (χ1n) is 0. The van der Waals surface area contributed by atoms with E-state index < -0.39 is 0 Å². The van der Waals surface area contributed by atoms with Gasteiger partial charge in [-0.2, -0.15) is 0 Å². The second kappa shape index (κ2) is 16.3. The van der Waals surface area contributed by atoms with Crippen LogP contribution in [-0.2, 0) is 22.4 Å². The van der Waals surface area contributed by atoms with E-state index in [1.165, 1.54) is 0 Å². The predicted molar refractivity (Wildman–Crippen MR) is 27.0 cm³/mol. The summed E-state index contributed by atoms with van der Waals surface area (Å²) in [6.07, 6.45) is 0. The zero-order chi connectivity index (χ0) is 0. The summed E-state index contributed by atoms with van der Waals surface area (Å²) in [5.74, 6) is 0. The molecule has 0 bridgehead atoms. The van der Waals surface area contributed by atoms with Gasteiger partial charge in [0.1, 0.15) is 0 Å². The Morgan fingerprint density at radius 3 is 1.00 bits per heavy atom. The number of hydrogen-bond acceptors (Lipinski definition) is 0. The second-order valence-electron chi connectivity index (χ2n) is 0. The molecule has 0 heterocycles. The van der Waals surface area contributed by atoms with E-state index in [2.05, 4.69) is 0 Å². The monoisotopic (exact) mass is 447 g/mol. The van der Waals surface area contributed by atoms with Gasteiger partial charge < -0.3 is 0 Å². The van der Waals surface area contributed by atoms with Gasteiger partial charge in [-0.25, -0.2) is 0 Å². The summed E-state index contributed by atoms with van der Waals surface area (Å²) in [6.45, 7) is 0. The second-order valence-corrected chi connectivity index (χ2v) is 0. The van der Waals surface area contributed by atoms with Crippen LogP contribution < -0.4 is 0 Å². The molecule has 0 nitrogen and oxygen atoms in total. The van der Waals surface area contributed by atoms with E-state index in [1.807, 2.05) is 0 Å². The molecule has 0 aliphatic heterocycles. The summed E-state index contributed by atoms with van der Waals surface area (Å²) in [4.78, 5) is 0. The zero-order valence-electron chi connectivity index (χ0n) is 1.15. The molecule has 0 saturated carbocycles. The SMILES string of the molecule is [InH3].[MgH2].[Nb].[PbH2]. The molecule has 0 aromatic carbocycles. The maximum absolute atomic E-state index is 0. The fraction of sp³-hybridized carbons (Fsp3) is 0. The van der Waals surface area contributed by atoms with E-state index in [1.54, 1.807) is 0 Å². The molecule has 0 saturated heterocycles. The molecular weight excluding hydrogens is 439 g/mol. The fourth-order valence-corrected chi connectivity index (χ4v) is 0. The Morgan fingerprint density at radius 2 is 1.00 bits per heavy atom. The third-order valence-electron chi connectivity index (χ3n) is 0. The molecule has 0 N–H and O–H groups in total. The summed E-state index contributed by atoms with van der Waals surface area (Å²) in [7, 11) is 0. The standard InChI is InChI=1S/In.Mg.Nb.Pb.7H. The normalized spacial score (nSPS) is 0. The Morgan fingerprint density at radius 1 is 1.00 bits per heavy atom. The van der Waals surface area contributed by atoms with Gasteiger partial charge in [0.2, 0.25) is 0 Å². The molecular formula is H7InMgNbPb. The van der Waals surface area contributed by atoms with Gasteiger partial charge in [-0.1, -0.05) is 0 Å². The van der Waals surface area contributed by atoms with E-state index in [4.69, 9.17) is 0 Å². The van der Waals surface area contributed by atoms with Crippen molar-refractivity contribution in [2.45, 2.75) is 0 Å². The van der Waals surface area contributed by atoms with Crippen LogP contribution in [-0.4, -0.2) is 76.2 Å². The van der Waals surface area contributed by atoms with Crippen LogP contribution in [0.5, 0.6) is 0 Å². The van der Waals surface area contributed by atoms with Gasteiger partial charge >= 0.3 is 76.2 Å². The fourth-order valence-electron chi connectivity index (χ4n) is 0. The van der Waals surface area contributed by atoms with E-state index in [0.29, 0.717) is 0 Å². The van der Waals surface area contributed by atoms with Crippen LogP contribution in [0, 0.1) is 0 Å². The van der Waals surface area contributed by atoms with Gasteiger partial charge in [-0.15, -0.1) is 0 Å². The molecule has 0 aliphatic rings. The number of hydrogen-bond donors (Lipinski definition) is 0. The van der Waals surface area contributed by atoms with Crippen molar-refractivity contribution in [2.75, 3.05) is 0 Å². The molecule has 0 aromatic heterocycles. The average Bonchev–Trinajstić information content (AvgIpc) is 0.